The highest BCUT2D eigenvalue weighted by Gasteiger charge is 2.24. The van der Waals surface area contributed by atoms with Gasteiger partial charge in [-0.2, -0.15) is 0 Å². The molecule has 5 heteroatoms. The van der Waals surface area contributed by atoms with E-state index in [0.717, 1.165) is 35.4 Å². The molecule has 0 saturated carbocycles. The van der Waals surface area contributed by atoms with Gasteiger partial charge in [0.1, 0.15) is 5.75 Å². The van der Waals surface area contributed by atoms with Crippen molar-refractivity contribution < 1.29 is 14.3 Å². The van der Waals surface area contributed by atoms with Crippen LogP contribution in [-0.2, 0) is 17.6 Å². The van der Waals surface area contributed by atoms with Crippen molar-refractivity contribution in [2.45, 2.75) is 26.2 Å². The molecule has 0 bridgehead atoms. The van der Waals surface area contributed by atoms with Gasteiger partial charge in [-0.3, -0.25) is 9.59 Å². The molecular formula is C21H24N2O3. The Labute approximate surface area is 154 Å². The highest BCUT2D eigenvalue weighted by Crippen LogP contribution is 2.29. The molecule has 0 fully saturated rings. The minimum absolute atomic E-state index is 0.0819. The van der Waals surface area contributed by atoms with E-state index >= 15 is 0 Å². The minimum Gasteiger partial charge on any atom is -0.497 e. The summed E-state index contributed by atoms with van der Waals surface area (Å²) in [5.41, 5.74) is 3.79. The minimum atomic E-state index is -0.0819. The molecule has 0 radical (unpaired) electrons. The second kappa shape index (κ2) is 8.04. The Morgan fingerprint density at radius 3 is 2.62 bits per heavy atom. The monoisotopic (exact) mass is 352 g/mol. The quantitative estimate of drug-likeness (QED) is 0.869. The van der Waals surface area contributed by atoms with Gasteiger partial charge in [-0.15, -0.1) is 0 Å². The number of rotatable bonds is 6. The molecule has 0 spiro atoms. The van der Waals surface area contributed by atoms with Gasteiger partial charge >= 0.3 is 0 Å². The van der Waals surface area contributed by atoms with Crippen molar-refractivity contribution in [1.82, 2.24) is 5.32 Å². The Bertz CT molecular complexity index is 799. The first-order valence-corrected chi connectivity index (χ1v) is 8.96. The molecule has 3 rings (SSSR count). The maximum Gasteiger partial charge on any atom is 0.251 e. The average Bonchev–Trinajstić information content (AvgIpc) is 3.11. The summed E-state index contributed by atoms with van der Waals surface area (Å²) >= 11 is 0. The van der Waals surface area contributed by atoms with E-state index in [9.17, 15) is 9.59 Å². The van der Waals surface area contributed by atoms with E-state index in [-0.39, 0.29) is 11.8 Å². The summed E-state index contributed by atoms with van der Waals surface area (Å²) in [4.78, 5) is 26.2. The van der Waals surface area contributed by atoms with Crippen LogP contribution in [0, 0.1) is 0 Å². The van der Waals surface area contributed by atoms with Gasteiger partial charge < -0.3 is 15.0 Å². The summed E-state index contributed by atoms with van der Waals surface area (Å²) in [6, 6.07) is 13.4. The molecule has 0 aromatic heterocycles. The first-order valence-electron chi connectivity index (χ1n) is 8.96. The van der Waals surface area contributed by atoms with Crippen LogP contribution in [0.15, 0.2) is 42.5 Å². The molecular weight excluding hydrogens is 328 g/mol. The van der Waals surface area contributed by atoms with E-state index in [1.807, 2.05) is 43.3 Å². The van der Waals surface area contributed by atoms with E-state index in [0.29, 0.717) is 25.1 Å². The first kappa shape index (κ1) is 18.0. The topological polar surface area (TPSA) is 58.6 Å². The third kappa shape index (κ3) is 3.87. The molecule has 1 heterocycles. The molecule has 2 aromatic carbocycles. The maximum absolute atomic E-state index is 12.4. The van der Waals surface area contributed by atoms with Crippen molar-refractivity contribution >= 4 is 17.5 Å². The van der Waals surface area contributed by atoms with E-state index in [4.69, 9.17) is 4.74 Å². The van der Waals surface area contributed by atoms with Gasteiger partial charge in [-0.1, -0.05) is 19.1 Å². The van der Waals surface area contributed by atoms with E-state index in [1.165, 1.54) is 0 Å². The van der Waals surface area contributed by atoms with Crippen LogP contribution in [0.5, 0.6) is 5.75 Å². The lowest BCUT2D eigenvalue weighted by atomic mass is 10.1. The molecule has 1 N–H and O–H groups in total. The smallest absolute Gasteiger partial charge is 0.251 e. The van der Waals surface area contributed by atoms with Crippen LogP contribution in [0.3, 0.4) is 0 Å². The SMILES string of the molecule is CCC(=O)N1CCc2cc(C(=O)NCCc3ccc(OC)cc3)ccc21. The lowest BCUT2D eigenvalue weighted by molar-refractivity contribution is -0.118. The molecule has 2 aromatic rings. The zero-order valence-corrected chi connectivity index (χ0v) is 15.2. The van der Waals surface area contributed by atoms with E-state index < -0.39 is 0 Å². The third-order valence-corrected chi connectivity index (χ3v) is 4.70. The van der Waals surface area contributed by atoms with Crippen molar-refractivity contribution in [3.63, 3.8) is 0 Å². The number of hydrogen-bond acceptors (Lipinski definition) is 3. The van der Waals surface area contributed by atoms with Crippen molar-refractivity contribution in [2.75, 3.05) is 25.1 Å². The summed E-state index contributed by atoms with van der Waals surface area (Å²) < 4.78 is 5.14. The number of nitrogens with zero attached hydrogens (tertiary/aromatic N) is 1. The lowest BCUT2D eigenvalue weighted by Crippen LogP contribution is -2.28. The maximum atomic E-state index is 12.4. The van der Waals surface area contributed by atoms with Crippen LogP contribution in [0.25, 0.3) is 0 Å². The zero-order valence-electron chi connectivity index (χ0n) is 15.2. The summed E-state index contributed by atoms with van der Waals surface area (Å²) in [6.45, 7) is 3.14. The van der Waals surface area contributed by atoms with Gasteiger partial charge in [0.25, 0.3) is 5.91 Å². The van der Waals surface area contributed by atoms with Gasteiger partial charge in [-0.25, -0.2) is 0 Å². The molecule has 2 amide bonds. The van der Waals surface area contributed by atoms with Crippen LogP contribution in [-0.4, -0.2) is 32.0 Å². The second-order valence-corrected chi connectivity index (χ2v) is 6.35. The van der Waals surface area contributed by atoms with Crippen LogP contribution in [0.4, 0.5) is 5.69 Å². The molecule has 136 valence electrons. The van der Waals surface area contributed by atoms with E-state index in [2.05, 4.69) is 5.32 Å². The number of anilines is 1. The predicted molar refractivity (Wildman–Crippen MR) is 102 cm³/mol. The summed E-state index contributed by atoms with van der Waals surface area (Å²) in [5, 5.41) is 2.96. The fourth-order valence-electron chi connectivity index (χ4n) is 3.21. The Balaban J connectivity index is 1.57. The molecule has 1 aliphatic rings. The van der Waals surface area contributed by atoms with Gasteiger partial charge in [0.15, 0.2) is 0 Å². The highest BCUT2D eigenvalue weighted by atomic mass is 16.5. The second-order valence-electron chi connectivity index (χ2n) is 6.35. The van der Waals surface area contributed by atoms with Crippen molar-refractivity contribution in [3.8, 4) is 5.75 Å². The Kier molecular flexibility index (Phi) is 5.56. The van der Waals surface area contributed by atoms with E-state index in [1.54, 1.807) is 18.1 Å². The molecule has 5 nitrogen and oxygen atoms in total. The first-order chi connectivity index (χ1) is 12.6. The number of fused-ring (bicyclic) bond motifs is 1. The average molecular weight is 352 g/mol. The van der Waals surface area contributed by atoms with Crippen LogP contribution >= 0.6 is 0 Å². The fraction of sp³-hybridized carbons (Fsp3) is 0.333. The van der Waals surface area contributed by atoms with Crippen molar-refractivity contribution in [2.24, 2.45) is 0 Å². The van der Waals surface area contributed by atoms with Gasteiger partial charge in [0.05, 0.1) is 7.11 Å². The van der Waals surface area contributed by atoms with Crippen LogP contribution in [0.1, 0.15) is 34.8 Å². The number of benzene rings is 2. The molecule has 0 aliphatic carbocycles. The third-order valence-electron chi connectivity index (χ3n) is 4.70. The van der Waals surface area contributed by atoms with Gasteiger partial charge in [0, 0.05) is 30.8 Å². The number of carbonyl (C=O) groups is 2. The number of carbonyl (C=O) groups excluding carboxylic acids is 2. The summed E-state index contributed by atoms with van der Waals surface area (Å²) in [6.07, 6.45) is 2.06. The Morgan fingerprint density at radius 1 is 1.15 bits per heavy atom. The number of nitrogens with one attached hydrogen (secondary N) is 1. The number of hydrogen-bond donors (Lipinski definition) is 1. The number of methoxy groups -OCH3 is 1. The summed E-state index contributed by atoms with van der Waals surface area (Å²) in [5.74, 6) is 0.869. The van der Waals surface area contributed by atoms with Gasteiger partial charge in [0.2, 0.25) is 5.91 Å². The number of amides is 2. The van der Waals surface area contributed by atoms with Crippen molar-refractivity contribution in [3.05, 3.63) is 59.2 Å². The standard InChI is InChI=1S/C21H24N2O3/c1-3-20(24)23-13-11-16-14-17(6-9-19(16)23)21(25)22-12-10-15-4-7-18(26-2)8-5-15/h4-9,14H,3,10-13H2,1-2H3,(H,22,25). The lowest BCUT2D eigenvalue weighted by Gasteiger charge is -2.16. The predicted octanol–water partition coefficient (Wildman–Crippen LogP) is 2.97. The number of ether oxygens (including phenoxy) is 1. The van der Waals surface area contributed by atoms with Crippen LogP contribution in [0.2, 0.25) is 0 Å². The zero-order chi connectivity index (χ0) is 18.5. The molecule has 0 atom stereocenters. The van der Waals surface area contributed by atoms with Crippen LogP contribution < -0.4 is 15.0 Å². The molecule has 1 aliphatic heterocycles. The molecule has 0 saturated heterocycles. The summed E-state index contributed by atoms with van der Waals surface area (Å²) in [7, 11) is 1.64. The molecule has 0 unspecified atom stereocenters. The Morgan fingerprint density at radius 2 is 1.92 bits per heavy atom. The Hall–Kier alpha value is -2.82. The fourth-order valence-corrected chi connectivity index (χ4v) is 3.21. The highest BCUT2D eigenvalue weighted by molar-refractivity contribution is 5.98. The largest absolute Gasteiger partial charge is 0.497 e. The molecule has 26 heavy (non-hydrogen) atoms. The van der Waals surface area contributed by atoms with Crippen molar-refractivity contribution in [1.29, 1.82) is 0 Å². The van der Waals surface area contributed by atoms with Gasteiger partial charge in [-0.05, 0) is 54.3 Å². The normalized spacial score (nSPS) is 12.6.